The molecule has 1 atom stereocenters. The monoisotopic (exact) mass is 341 g/mol. The van der Waals surface area contributed by atoms with Gasteiger partial charge < -0.3 is 20.5 Å². The maximum atomic E-state index is 12.4. The number of nitrogens with zero attached hydrogens (tertiary/aromatic N) is 1. The molecule has 23 heavy (non-hydrogen) atoms. The molecular formula is C15H23N3O4S. The van der Waals surface area contributed by atoms with Crippen molar-refractivity contribution in [2.24, 2.45) is 5.73 Å². The molecule has 7 nitrogen and oxygen atoms in total. The van der Waals surface area contributed by atoms with E-state index in [1.807, 2.05) is 6.92 Å². The molecule has 1 aliphatic rings. The molecule has 2 rings (SSSR count). The van der Waals surface area contributed by atoms with E-state index in [0.29, 0.717) is 48.2 Å². The Morgan fingerprint density at radius 1 is 1.48 bits per heavy atom. The first-order valence-electron chi connectivity index (χ1n) is 7.69. The number of aryl methyl sites for hydroxylation is 1. The molecule has 2 heterocycles. The molecule has 0 radical (unpaired) electrons. The normalized spacial score (nSPS) is 18.3. The Balaban J connectivity index is 2.06. The second-order valence-electron chi connectivity index (χ2n) is 5.65. The Labute approximate surface area is 139 Å². The molecule has 0 saturated carbocycles. The van der Waals surface area contributed by atoms with E-state index in [9.17, 15) is 9.59 Å². The van der Waals surface area contributed by atoms with Gasteiger partial charge in [0.2, 0.25) is 5.91 Å². The maximum absolute atomic E-state index is 12.4. The molecule has 1 saturated heterocycles. The van der Waals surface area contributed by atoms with Crippen molar-refractivity contribution in [3.05, 3.63) is 15.6 Å². The third-order valence-electron chi connectivity index (χ3n) is 3.83. The van der Waals surface area contributed by atoms with Crippen molar-refractivity contribution in [2.75, 3.05) is 19.8 Å². The highest BCUT2D eigenvalue weighted by Gasteiger charge is 2.36. The Bertz CT molecular complexity index is 581. The third-order valence-corrected chi connectivity index (χ3v) is 5.15. The van der Waals surface area contributed by atoms with Gasteiger partial charge in [-0.05, 0) is 33.6 Å². The highest BCUT2D eigenvalue weighted by molar-refractivity contribution is 7.13. The molecule has 1 fully saturated rings. The van der Waals surface area contributed by atoms with Gasteiger partial charge in [0.1, 0.15) is 9.88 Å². The predicted molar refractivity (Wildman–Crippen MR) is 86.3 cm³/mol. The Hall–Kier alpha value is -1.51. The van der Waals surface area contributed by atoms with Crippen molar-refractivity contribution in [3.8, 4) is 0 Å². The zero-order valence-corrected chi connectivity index (χ0v) is 14.5. The number of carbonyl (C=O) groups is 2. The fourth-order valence-electron chi connectivity index (χ4n) is 2.35. The zero-order chi connectivity index (χ0) is 17.0. The number of nitrogens with one attached hydrogen (secondary N) is 1. The predicted octanol–water partition coefficient (Wildman–Crippen LogP) is 1.31. The van der Waals surface area contributed by atoms with Crippen molar-refractivity contribution >= 4 is 23.2 Å². The molecule has 0 aliphatic carbocycles. The summed E-state index contributed by atoms with van der Waals surface area (Å²) in [4.78, 5) is 29.1. The maximum Gasteiger partial charge on any atom is 0.350 e. The summed E-state index contributed by atoms with van der Waals surface area (Å²) < 4.78 is 10.3. The number of hydrogen-bond donors (Lipinski definition) is 2. The first-order valence-corrected chi connectivity index (χ1v) is 8.51. The van der Waals surface area contributed by atoms with E-state index >= 15 is 0 Å². The molecule has 1 aromatic heterocycles. The van der Waals surface area contributed by atoms with E-state index in [1.165, 1.54) is 11.3 Å². The fourth-order valence-corrected chi connectivity index (χ4v) is 3.32. The molecule has 0 spiro atoms. The topological polar surface area (TPSA) is 104 Å². The second kappa shape index (κ2) is 7.37. The second-order valence-corrected chi connectivity index (χ2v) is 6.68. The van der Waals surface area contributed by atoms with Crippen LogP contribution < -0.4 is 11.1 Å². The molecule has 128 valence electrons. The van der Waals surface area contributed by atoms with E-state index in [-0.39, 0.29) is 17.9 Å². The molecular weight excluding hydrogens is 318 g/mol. The number of rotatable bonds is 5. The van der Waals surface area contributed by atoms with Crippen LogP contribution in [-0.2, 0) is 14.3 Å². The largest absolute Gasteiger partial charge is 0.462 e. The van der Waals surface area contributed by atoms with Crippen molar-refractivity contribution in [2.45, 2.75) is 45.2 Å². The number of ether oxygens (including phenoxy) is 2. The lowest BCUT2D eigenvalue weighted by molar-refractivity contribution is -0.130. The molecule has 1 aromatic rings. The molecule has 0 bridgehead atoms. The average Bonchev–Trinajstić information content (AvgIpc) is 2.90. The molecule has 1 amide bonds. The van der Waals surface area contributed by atoms with Gasteiger partial charge in [-0.3, -0.25) is 4.79 Å². The van der Waals surface area contributed by atoms with E-state index in [0.717, 1.165) is 0 Å². The van der Waals surface area contributed by atoms with E-state index in [1.54, 1.807) is 13.8 Å². The molecule has 0 aromatic carbocycles. The van der Waals surface area contributed by atoms with Crippen LogP contribution in [0, 0.1) is 6.92 Å². The number of aromatic nitrogens is 1. The summed E-state index contributed by atoms with van der Waals surface area (Å²) in [6.07, 6.45) is 0.993. The van der Waals surface area contributed by atoms with Gasteiger partial charge in [0.05, 0.1) is 23.9 Å². The molecule has 1 unspecified atom stereocenters. The summed E-state index contributed by atoms with van der Waals surface area (Å²) in [5.74, 6) is -0.592. The summed E-state index contributed by atoms with van der Waals surface area (Å²) in [7, 11) is 0. The minimum Gasteiger partial charge on any atom is -0.462 e. The van der Waals surface area contributed by atoms with Crippen molar-refractivity contribution < 1.29 is 19.1 Å². The van der Waals surface area contributed by atoms with Crippen LogP contribution in [0.1, 0.15) is 53.1 Å². The highest BCUT2D eigenvalue weighted by Crippen LogP contribution is 2.26. The van der Waals surface area contributed by atoms with Gasteiger partial charge in [-0.1, -0.05) is 0 Å². The smallest absolute Gasteiger partial charge is 0.350 e. The van der Waals surface area contributed by atoms with E-state index < -0.39 is 5.54 Å². The lowest BCUT2D eigenvalue weighted by atomic mass is 9.90. The number of hydrogen-bond acceptors (Lipinski definition) is 7. The average molecular weight is 341 g/mol. The molecule has 3 N–H and O–H groups in total. The first kappa shape index (κ1) is 17.8. The minimum atomic E-state index is -0.900. The summed E-state index contributed by atoms with van der Waals surface area (Å²) in [6, 6.07) is -0.322. The van der Waals surface area contributed by atoms with Crippen molar-refractivity contribution in [1.82, 2.24) is 10.3 Å². The number of thiazole rings is 1. The van der Waals surface area contributed by atoms with Gasteiger partial charge >= 0.3 is 5.97 Å². The van der Waals surface area contributed by atoms with Crippen LogP contribution in [0.25, 0.3) is 0 Å². The first-order chi connectivity index (χ1) is 10.9. The van der Waals surface area contributed by atoms with E-state index in [2.05, 4.69) is 10.3 Å². The number of carbonyl (C=O) groups excluding carboxylic acids is 2. The minimum absolute atomic E-state index is 0.209. The van der Waals surface area contributed by atoms with Gasteiger partial charge in [0.25, 0.3) is 0 Å². The van der Waals surface area contributed by atoms with Crippen molar-refractivity contribution in [3.63, 3.8) is 0 Å². The number of amides is 1. The van der Waals surface area contributed by atoms with Crippen LogP contribution >= 0.6 is 11.3 Å². The quantitative estimate of drug-likeness (QED) is 0.783. The van der Waals surface area contributed by atoms with Crippen LogP contribution in [-0.4, -0.2) is 42.2 Å². The van der Waals surface area contributed by atoms with Crippen molar-refractivity contribution in [1.29, 1.82) is 0 Å². The van der Waals surface area contributed by atoms with Crippen LogP contribution in [0.4, 0.5) is 0 Å². The Morgan fingerprint density at radius 2 is 2.13 bits per heavy atom. The van der Waals surface area contributed by atoms with Gasteiger partial charge in [-0.15, -0.1) is 11.3 Å². The highest BCUT2D eigenvalue weighted by atomic mass is 32.1. The number of esters is 1. The lowest BCUT2D eigenvalue weighted by Gasteiger charge is -2.32. The lowest BCUT2D eigenvalue weighted by Crippen LogP contribution is -2.57. The fraction of sp³-hybridized carbons (Fsp3) is 0.667. The Kier molecular flexibility index (Phi) is 5.72. The van der Waals surface area contributed by atoms with E-state index in [4.69, 9.17) is 15.2 Å². The number of nitrogens with two attached hydrogens (primary N) is 1. The van der Waals surface area contributed by atoms with Crippen LogP contribution in [0.15, 0.2) is 0 Å². The van der Waals surface area contributed by atoms with Crippen LogP contribution in [0.3, 0.4) is 0 Å². The van der Waals surface area contributed by atoms with Gasteiger partial charge in [-0.25, -0.2) is 9.78 Å². The summed E-state index contributed by atoms with van der Waals surface area (Å²) in [5, 5.41) is 3.56. The van der Waals surface area contributed by atoms with Crippen LogP contribution in [0.2, 0.25) is 0 Å². The Morgan fingerprint density at radius 3 is 2.74 bits per heavy atom. The molecule has 1 aliphatic heterocycles. The summed E-state index contributed by atoms with van der Waals surface area (Å²) in [6.45, 7) is 6.63. The van der Waals surface area contributed by atoms with Gasteiger partial charge in [-0.2, -0.15) is 0 Å². The summed E-state index contributed by atoms with van der Waals surface area (Å²) >= 11 is 1.24. The SMILES string of the molecule is CCOC(=O)c1sc(C(C)NC(=O)C2(N)CCOCC2)nc1C. The van der Waals surface area contributed by atoms with Gasteiger partial charge in [0, 0.05) is 13.2 Å². The zero-order valence-electron chi connectivity index (χ0n) is 13.7. The van der Waals surface area contributed by atoms with Gasteiger partial charge in [0.15, 0.2) is 0 Å². The molecule has 8 heteroatoms. The standard InChI is InChI=1S/C15H23N3O4S/c1-4-22-13(19)11-9(2)17-12(23-11)10(3)18-14(20)15(16)5-7-21-8-6-15/h10H,4-8,16H2,1-3H3,(H,18,20). The van der Waals surface area contributed by atoms with Crippen LogP contribution in [0.5, 0.6) is 0 Å². The third kappa shape index (κ3) is 4.07. The summed E-state index contributed by atoms with van der Waals surface area (Å²) in [5.41, 5.74) is 5.88.